The summed E-state index contributed by atoms with van der Waals surface area (Å²) in [6, 6.07) is 0.0337. The van der Waals surface area contributed by atoms with Crippen molar-refractivity contribution in [3.63, 3.8) is 0 Å². The maximum absolute atomic E-state index is 12.5. The molecule has 2 fully saturated rings. The first-order valence-electron chi connectivity index (χ1n) is 9.82. The second kappa shape index (κ2) is 9.70. The maximum Gasteiger partial charge on any atom is 0.343 e. The van der Waals surface area contributed by atoms with Gasteiger partial charge in [-0.1, -0.05) is 0 Å². The number of esters is 1. The number of nitrogens with zero attached hydrogens (tertiary/aromatic N) is 5. The molecule has 3 amide bonds. The fourth-order valence-electron chi connectivity index (χ4n) is 3.37. The molecule has 2 saturated heterocycles. The summed E-state index contributed by atoms with van der Waals surface area (Å²) < 4.78 is 11.7. The molecule has 1 N–H and O–H groups in total. The Morgan fingerprint density at radius 3 is 2.41 bits per heavy atom. The van der Waals surface area contributed by atoms with Crippen molar-refractivity contribution in [1.82, 2.24) is 24.5 Å². The number of anilines is 1. The van der Waals surface area contributed by atoms with Crippen LogP contribution in [0.1, 0.15) is 17.3 Å². The van der Waals surface area contributed by atoms with Gasteiger partial charge in [-0.2, -0.15) is 5.10 Å². The van der Waals surface area contributed by atoms with Gasteiger partial charge < -0.3 is 24.6 Å². The number of morpholine rings is 1. The molecule has 1 aromatic heterocycles. The smallest absolute Gasteiger partial charge is 0.343 e. The van der Waals surface area contributed by atoms with Crippen molar-refractivity contribution in [2.45, 2.75) is 6.92 Å². The van der Waals surface area contributed by atoms with Crippen LogP contribution in [-0.4, -0.2) is 108 Å². The number of carbonyl (C=O) groups is 3. The highest BCUT2D eigenvalue weighted by Gasteiger charge is 2.27. The average Bonchev–Trinajstić information content (AvgIpc) is 3.09. The predicted molar refractivity (Wildman–Crippen MR) is 104 cm³/mol. The minimum absolute atomic E-state index is 0.0337. The summed E-state index contributed by atoms with van der Waals surface area (Å²) in [5.74, 6) is -0.451. The van der Waals surface area contributed by atoms with Crippen LogP contribution in [0.25, 0.3) is 0 Å². The minimum Gasteiger partial charge on any atom is -0.462 e. The zero-order valence-corrected chi connectivity index (χ0v) is 16.9. The van der Waals surface area contributed by atoms with Gasteiger partial charge in [0, 0.05) is 46.3 Å². The molecule has 29 heavy (non-hydrogen) atoms. The quantitative estimate of drug-likeness (QED) is 0.661. The van der Waals surface area contributed by atoms with E-state index in [-0.39, 0.29) is 30.7 Å². The Morgan fingerprint density at radius 1 is 1.10 bits per heavy atom. The highest BCUT2D eigenvalue weighted by atomic mass is 16.5. The second-order valence-electron chi connectivity index (χ2n) is 6.94. The SMILES string of the molecule is CCOC(=O)c1cnn(C)c1NC(=O)CN1CCN(C(=O)N2CCOCC2)CC1. The van der Waals surface area contributed by atoms with Crippen molar-refractivity contribution < 1.29 is 23.9 Å². The number of urea groups is 1. The van der Waals surface area contributed by atoms with Gasteiger partial charge in [-0.05, 0) is 6.92 Å². The van der Waals surface area contributed by atoms with Crippen molar-refractivity contribution in [2.24, 2.45) is 7.05 Å². The molecule has 11 nitrogen and oxygen atoms in total. The standard InChI is InChI=1S/C18H28N6O5/c1-3-29-17(26)14-12-19-21(2)16(14)20-15(25)13-22-4-6-23(7-5-22)18(27)24-8-10-28-11-9-24/h12H,3-11,13H2,1-2H3,(H,20,25). The maximum atomic E-state index is 12.5. The van der Waals surface area contributed by atoms with Gasteiger partial charge >= 0.3 is 12.0 Å². The molecule has 1 aromatic rings. The van der Waals surface area contributed by atoms with E-state index in [9.17, 15) is 14.4 Å². The van der Waals surface area contributed by atoms with E-state index in [1.54, 1.807) is 14.0 Å². The summed E-state index contributed by atoms with van der Waals surface area (Å²) in [5, 5.41) is 6.77. The fourth-order valence-corrected chi connectivity index (χ4v) is 3.37. The number of rotatable bonds is 5. The van der Waals surface area contributed by atoms with Gasteiger partial charge in [-0.15, -0.1) is 0 Å². The molecule has 11 heteroatoms. The molecular weight excluding hydrogens is 380 g/mol. The first kappa shape index (κ1) is 21.1. The van der Waals surface area contributed by atoms with Crippen molar-refractivity contribution in [2.75, 3.05) is 71.0 Å². The fraction of sp³-hybridized carbons (Fsp3) is 0.667. The third kappa shape index (κ3) is 5.24. The molecule has 2 aliphatic heterocycles. The van der Waals surface area contributed by atoms with Gasteiger partial charge in [0.25, 0.3) is 0 Å². The Labute approximate surface area is 169 Å². The lowest BCUT2D eigenvalue weighted by Gasteiger charge is -2.38. The van der Waals surface area contributed by atoms with Crippen LogP contribution in [0.4, 0.5) is 10.6 Å². The molecule has 0 saturated carbocycles. The lowest BCUT2D eigenvalue weighted by Crippen LogP contribution is -2.55. The lowest BCUT2D eigenvalue weighted by atomic mass is 10.3. The number of aryl methyl sites for hydroxylation is 1. The van der Waals surface area contributed by atoms with Crippen molar-refractivity contribution in [1.29, 1.82) is 0 Å². The Bertz CT molecular complexity index is 737. The summed E-state index contributed by atoms with van der Waals surface area (Å²) in [4.78, 5) is 42.6. The number of nitrogens with one attached hydrogen (secondary N) is 1. The minimum atomic E-state index is -0.522. The van der Waals surface area contributed by atoms with Gasteiger partial charge in [-0.25, -0.2) is 9.59 Å². The van der Waals surface area contributed by atoms with E-state index in [4.69, 9.17) is 9.47 Å². The molecule has 0 unspecified atom stereocenters. The number of amides is 3. The van der Waals surface area contributed by atoms with Crippen LogP contribution < -0.4 is 5.32 Å². The Balaban J connectivity index is 1.48. The van der Waals surface area contributed by atoms with Crippen LogP contribution in [0.3, 0.4) is 0 Å². The summed E-state index contributed by atoms with van der Waals surface area (Å²) in [5.41, 5.74) is 0.226. The van der Waals surface area contributed by atoms with Crippen LogP contribution in [0.15, 0.2) is 6.20 Å². The van der Waals surface area contributed by atoms with Crippen LogP contribution in [-0.2, 0) is 21.3 Å². The van der Waals surface area contributed by atoms with Crippen LogP contribution in [0.5, 0.6) is 0 Å². The van der Waals surface area contributed by atoms with Gasteiger partial charge in [0.1, 0.15) is 11.4 Å². The van der Waals surface area contributed by atoms with Gasteiger partial charge in [0.15, 0.2) is 0 Å². The van der Waals surface area contributed by atoms with E-state index in [0.29, 0.717) is 58.3 Å². The van der Waals surface area contributed by atoms with E-state index in [0.717, 1.165) is 0 Å². The second-order valence-corrected chi connectivity index (χ2v) is 6.94. The van der Waals surface area contributed by atoms with Crippen LogP contribution >= 0.6 is 0 Å². The Kier molecular flexibility index (Phi) is 7.04. The molecule has 0 atom stereocenters. The summed E-state index contributed by atoms with van der Waals surface area (Å²) >= 11 is 0. The van der Waals surface area contributed by atoms with Gasteiger partial charge in [-0.3, -0.25) is 14.4 Å². The third-order valence-corrected chi connectivity index (χ3v) is 4.98. The molecule has 160 valence electrons. The normalized spacial score (nSPS) is 17.9. The monoisotopic (exact) mass is 408 g/mol. The van der Waals surface area contributed by atoms with E-state index < -0.39 is 5.97 Å². The highest BCUT2D eigenvalue weighted by Crippen LogP contribution is 2.16. The van der Waals surface area contributed by atoms with E-state index in [1.165, 1.54) is 10.9 Å². The number of ether oxygens (including phenoxy) is 2. The third-order valence-electron chi connectivity index (χ3n) is 4.98. The van der Waals surface area contributed by atoms with Gasteiger partial charge in [0.2, 0.25) is 5.91 Å². The molecule has 0 bridgehead atoms. The highest BCUT2D eigenvalue weighted by molar-refractivity contribution is 6.00. The summed E-state index contributed by atoms with van der Waals surface area (Å²) in [6.07, 6.45) is 1.38. The van der Waals surface area contributed by atoms with E-state index in [2.05, 4.69) is 10.4 Å². The molecule has 2 aliphatic rings. The summed E-state index contributed by atoms with van der Waals surface area (Å²) in [6.45, 7) is 6.90. The Hall–Kier alpha value is -2.66. The molecular formula is C18H28N6O5. The number of carbonyl (C=O) groups excluding carboxylic acids is 3. The zero-order chi connectivity index (χ0) is 20.8. The van der Waals surface area contributed by atoms with Crippen molar-refractivity contribution in [3.05, 3.63) is 11.8 Å². The predicted octanol–water partition coefficient (Wildman–Crippen LogP) is -0.395. The zero-order valence-electron chi connectivity index (χ0n) is 16.9. The van der Waals surface area contributed by atoms with Crippen molar-refractivity contribution >= 4 is 23.7 Å². The number of hydrogen-bond acceptors (Lipinski definition) is 7. The summed E-state index contributed by atoms with van der Waals surface area (Å²) in [7, 11) is 1.65. The average molecular weight is 408 g/mol. The molecule has 0 spiro atoms. The number of aromatic nitrogens is 2. The first-order valence-corrected chi connectivity index (χ1v) is 9.82. The Morgan fingerprint density at radius 2 is 1.76 bits per heavy atom. The number of hydrogen-bond donors (Lipinski definition) is 1. The molecule has 0 aliphatic carbocycles. The molecule has 3 rings (SSSR count). The largest absolute Gasteiger partial charge is 0.462 e. The molecule has 0 aromatic carbocycles. The van der Waals surface area contributed by atoms with Crippen LogP contribution in [0, 0.1) is 0 Å². The van der Waals surface area contributed by atoms with Crippen molar-refractivity contribution in [3.8, 4) is 0 Å². The van der Waals surface area contributed by atoms with Gasteiger partial charge in [0.05, 0.1) is 32.6 Å². The van der Waals surface area contributed by atoms with Crippen LogP contribution in [0.2, 0.25) is 0 Å². The van der Waals surface area contributed by atoms with E-state index >= 15 is 0 Å². The molecule has 3 heterocycles. The van der Waals surface area contributed by atoms with E-state index in [1.807, 2.05) is 14.7 Å². The first-order chi connectivity index (χ1) is 14.0. The topological polar surface area (TPSA) is 109 Å². The number of piperazine rings is 1. The lowest BCUT2D eigenvalue weighted by molar-refractivity contribution is -0.117. The molecule has 0 radical (unpaired) electrons.